The number of anilines is 1. The van der Waals surface area contributed by atoms with E-state index >= 15 is 0 Å². The quantitative estimate of drug-likeness (QED) is 0.161. The molecule has 6 aromatic rings. The lowest BCUT2D eigenvalue weighted by molar-refractivity contribution is 0.507. The lowest BCUT2D eigenvalue weighted by atomic mass is 9.70. The van der Waals surface area contributed by atoms with Gasteiger partial charge >= 0.3 is 0 Å². The highest BCUT2D eigenvalue weighted by atomic mass is 15.2. The van der Waals surface area contributed by atoms with E-state index in [-0.39, 0.29) is 10.8 Å². The number of para-hydroxylation sites is 1. The minimum absolute atomic E-state index is 0.157. The number of fused-ring (bicyclic) bond motifs is 4. The zero-order chi connectivity index (χ0) is 33.4. The molecule has 1 heteroatoms. The number of rotatable bonds is 8. The van der Waals surface area contributed by atoms with E-state index in [1.54, 1.807) is 0 Å². The van der Waals surface area contributed by atoms with E-state index in [0.717, 1.165) is 19.3 Å². The molecular weight excluding hydrogens is 591 g/mol. The van der Waals surface area contributed by atoms with E-state index in [1.165, 1.54) is 66.7 Å². The van der Waals surface area contributed by atoms with Gasteiger partial charge in [0, 0.05) is 29.3 Å². The molecule has 6 aromatic carbocycles. The van der Waals surface area contributed by atoms with Crippen molar-refractivity contribution in [1.82, 2.24) is 0 Å². The molecule has 1 atom stereocenters. The molecule has 2 aliphatic rings. The van der Waals surface area contributed by atoms with Crippen LogP contribution in [0.25, 0.3) is 16.3 Å². The molecule has 0 bridgehead atoms. The molecule has 0 saturated carbocycles. The molecule has 1 heterocycles. The molecule has 0 amide bonds. The standard InChI is InChI=1S/C48H43N/c1-35-41(47(2,32-36-18-7-4-8-19-36)43-31-30-39-24-13-14-25-40(39)46(35)43)27-17-29-45-48(33-37-20-9-5-10-21-37,34-38-22-11-6-12-23-38)42-26-15-16-28-44(42)49(45)3/h4-31H,32-34H2,1-3H3/b27-17+,45-29+. The molecule has 240 valence electrons. The number of allylic oxidation sites excluding steroid dienone is 6. The van der Waals surface area contributed by atoms with E-state index in [1.807, 2.05) is 0 Å². The van der Waals surface area contributed by atoms with Crippen molar-refractivity contribution in [2.24, 2.45) is 0 Å². The maximum atomic E-state index is 2.45. The molecule has 0 saturated heterocycles. The molecule has 49 heavy (non-hydrogen) atoms. The number of hydrogen-bond donors (Lipinski definition) is 0. The highest BCUT2D eigenvalue weighted by Crippen LogP contribution is 2.53. The van der Waals surface area contributed by atoms with Crippen LogP contribution in [0.2, 0.25) is 0 Å². The van der Waals surface area contributed by atoms with Gasteiger partial charge in [0.15, 0.2) is 0 Å². The first-order valence-corrected chi connectivity index (χ1v) is 17.6. The topological polar surface area (TPSA) is 3.24 Å². The smallest absolute Gasteiger partial charge is 0.0456 e. The Hall–Kier alpha value is -5.40. The number of nitrogens with zero attached hydrogens (tertiary/aromatic N) is 1. The van der Waals surface area contributed by atoms with E-state index in [0.29, 0.717) is 0 Å². The fourth-order valence-electron chi connectivity index (χ4n) is 8.92. The molecule has 0 fully saturated rings. The van der Waals surface area contributed by atoms with Gasteiger partial charge in [-0.1, -0.05) is 165 Å². The molecule has 0 radical (unpaired) electrons. The Balaban J connectivity index is 1.28. The third-order valence-corrected chi connectivity index (χ3v) is 11.1. The summed E-state index contributed by atoms with van der Waals surface area (Å²) in [5.74, 6) is 0. The third kappa shape index (κ3) is 5.35. The van der Waals surface area contributed by atoms with Gasteiger partial charge in [-0.25, -0.2) is 0 Å². The van der Waals surface area contributed by atoms with Crippen LogP contribution >= 0.6 is 0 Å². The molecule has 1 unspecified atom stereocenters. The predicted octanol–water partition coefficient (Wildman–Crippen LogP) is 11.4. The highest BCUT2D eigenvalue weighted by Gasteiger charge is 2.46. The van der Waals surface area contributed by atoms with Gasteiger partial charge in [-0.2, -0.15) is 0 Å². The molecular formula is C48H43N. The van der Waals surface area contributed by atoms with Gasteiger partial charge in [0.1, 0.15) is 0 Å². The average Bonchev–Trinajstić information content (AvgIpc) is 3.49. The first-order valence-electron chi connectivity index (χ1n) is 17.6. The van der Waals surface area contributed by atoms with E-state index in [4.69, 9.17) is 0 Å². The summed E-state index contributed by atoms with van der Waals surface area (Å²) in [5.41, 5.74) is 13.3. The van der Waals surface area contributed by atoms with Crippen LogP contribution in [0.1, 0.15) is 47.2 Å². The summed E-state index contributed by atoms with van der Waals surface area (Å²) in [6.45, 7) is 4.78. The van der Waals surface area contributed by atoms with Crippen molar-refractivity contribution in [2.45, 2.75) is 43.9 Å². The Kier molecular flexibility index (Phi) is 7.92. The van der Waals surface area contributed by atoms with Crippen LogP contribution in [0.4, 0.5) is 5.69 Å². The zero-order valence-electron chi connectivity index (χ0n) is 28.7. The third-order valence-electron chi connectivity index (χ3n) is 11.1. The average molecular weight is 634 g/mol. The van der Waals surface area contributed by atoms with E-state index in [9.17, 15) is 0 Å². The van der Waals surface area contributed by atoms with Crippen LogP contribution in [-0.2, 0) is 30.1 Å². The van der Waals surface area contributed by atoms with Crippen molar-refractivity contribution >= 4 is 22.0 Å². The van der Waals surface area contributed by atoms with Crippen molar-refractivity contribution in [3.8, 4) is 0 Å². The van der Waals surface area contributed by atoms with Gasteiger partial charge in [0.05, 0.1) is 0 Å². The normalized spacial score (nSPS) is 18.8. The molecule has 1 aliphatic carbocycles. The fraction of sp³-hybridized carbons (Fsp3) is 0.167. The molecule has 1 nitrogen and oxygen atoms in total. The minimum atomic E-state index is -0.218. The lowest BCUT2D eigenvalue weighted by Gasteiger charge is -2.34. The lowest BCUT2D eigenvalue weighted by Crippen LogP contribution is -2.34. The van der Waals surface area contributed by atoms with Crippen molar-refractivity contribution in [3.63, 3.8) is 0 Å². The molecule has 0 spiro atoms. The Morgan fingerprint density at radius 1 is 0.571 bits per heavy atom. The van der Waals surface area contributed by atoms with Crippen molar-refractivity contribution in [1.29, 1.82) is 0 Å². The van der Waals surface area contributed by atoms with Crippen LogP contribution in [0.3, 0.4) is 0 Å². The van der Waals surface area contributed by atoms with Crippen LogP contribution in [0, 0.1) is 0 Å². The van der Waals surface area contributed by atoms with Gasteiger partial charge in [0.25, 0.3) is 0 Å². The second-order valence-electron chi connectivity index (χ2n) is 14.1. The minimum Gasteiger partial charge on any atom is -0.347 e. The van der Waals surface area contributed by atoms with E-state index < -0.39 is 0 Å². The first kappa shape index (κ1) is 30.9. The Morgan fingerprint density at radius 3 is 1.78 bits per heavy atom. The summed E-state index contributed by atoms with van der Waals surface area (Å²) < 4.78 is 0. The zero-order valence-corrected chi connectivity index (χ0v) is 28.7. The van der Waals surface area contributed by atoms with Crippen molar-refractivity contribution in [3.05, 3.63) is 215 Å². The second-order valence-corrected chi connectivity index (χ2v) is 14.1. The Morgan fingerprint density at radius 2 is 1.12 bits per heavy atom. The summed E-state index contributed by atoms with van der Waals surface area (Å²) in [7, 11) is 2.25. The van der Waals surface area contributed by atoms with Gasteiger partial charge in [-0.15, -0.1) is 0 Å². The van der Waals surface area contributed by atoms with Crippen molar-refractivity contribution < 1.29 is 0 Å². The summed E-state index contributed by atoms with van der Waals surface area (Å²) in [5, 5.41) is 2.64. The summed E-state index contributed by atoms with van der Waals surface area (Å²) in [6.07, 6.45) is 9.98. The van der Waals surface area contributed by atoms with Gasteiger partial charge < -0.3 is 4.90 Å². The summed E-state index contributed by atoms with van der Waals surface area (Å²) in [4.78, 5) is 2.44. The van der Waals surface area contributed by atoms with Gasteiger partial charge in [-0.3, -0.25) is 0 Å². The number of hydrogen-bond acceptors (Lipinski definition) is 1. The van der Waals surface area contributed by atoms with Crippen molar-refractivity contribution in [2.75, 3.05) is 11.9 Å². The number of benzene rings is 6. The molecule has 0 aromatic heterocycles. The SMILES string of the molecule is CC1=C(/C=C/C=C2/N(C)c3ccccc3C2(Cc2ccccc2)Cc2ccccc2)C(C)(Cc2ccccc2)c2ccc3ccccc3c21. The molecule has 1 aliphatic heterocycles. The second kappa shape index (κ2) is 12.6. The highest BCUT2D eigenvalue weighted by molar-refractivity contribution is 5.99. The van der Waals surface area contributed by atoms with E-state index in [2.05, 4.69) is 196 Å². The van der Waals surface area contributed by atoms with Crippen LogP contribution in [0.15, 0.2) is 181 Å². The van der Waals surface area contributed by atoms with Crippen LogP contribution in [-0.4, -0.2) is 7.05 Å². The predicted molar refractivity (Wildman–Crippen MR) is 208 cm³/mol. The molecule has 8 rings (SSSR count). The van der Waals surface area contributed by atoms with Gasteiger partial charge in [0.2, 0.25) is 0 Å². The molecule has 0 N–H and O–H groups in total. The monoisotopic (exact) mass is 633 g/mol. The summed E-state index contributed by atoms with van der Waals surface area (Å²) >= 11 is 0. The number of likely N-dealkylation sites (N-methyl/N-ethyl adjacent to an activating group) is 1. The Bertz CT molecular complexity index is 2180. The first-order chi connectivity index (χ1) is 24.0. The largest absolute Gasteiger partial charge is 0.347 e. The maximum Gasteiger partial charge on any atom is 0.0456 e. The van der Waals surface area contributed by atoms with Crippen LogP contribution in [0.5, 0.6) is 0 Å². The summed E-state index contributed by atoms with van der Waals surface area (Å²) in [6, 6.07) is 55.6. The fourth-order valence-corrected chi connectivity index (χ4v) is 8.92. The van der Waals surface area contributed by atoms with Gasteiger partial charge in [-0.05, 0) is 93.6 Å². The Labute approximate surface area is 291 Å². The van der Waals surface area contributed by atoms with Crippen LogP contribution < -0.4 is 4.90 Å². The maximum absolute atomic E-state index is 2.45.